The molecular weight excluding hydrogens is 701 g/mol. The number of carbonyl (C=O) groups excluding carboxylic acids is 1. The Labute approximate surface area is 330 Å². The Morgan fingerprint density at radius 3 is 2.34 bits per heavy atom. The van der Waals surface area contributed by atoms with Crippen molar-refractivity contribution in [3.05, 3.63) is 131 Å². The van der Waals surface area contributed by atoms with E-state index in [0.717, 1.165) is 72.2 Å². The van der Waals surface area contributed by atoms with Crippen molar-refractivity contribution in [2.24, 2.45) is 5.92 Å². The number of rotatable bonds is 19. The molecule has 2 fully saturated rings. The zero-order chi connectivity index (χ0) is 38.6. The van der Waals surface area contributed by atoms with Gasteiger partial charge in [0.1, 0.15) is 18.5 Å². The number of ether oxygens (including phenoxy) is 2. The Balaban J connectivity index is 0.750. The van der Waals surface area contributed by atoms with Gasteiger partial charge in [0.15, 0.2) is 0 Å². The molecule has 0 radical (unpaired) electrons. The van der Waals surface area contributed by atoms with E-state index in [0.29, 0.717) is 30.3 Å². The van der Waals surface area contributed by atoms with Crippen molar-refractivity contribution in [2.45, 2.75) is 76.6 Å². The molecule has 1 amide bonds. The molecule has 3 unspecified atom stereocenters. The van der Waals surface area contributed by atoms with Crippen LogP contribution in [0.15, 0.2) is 114 Å². The number of aliphatic hydroxyl groups excluding tert-OH is 1. The number of H-pyrrole nitrogens is 1. The van der Waals surface area contributed by atoms with E-state index in [2.05, 4.69) is 27.8 Å². The van der Waals surface area contributed by atoms with Crippen molar-refractivity contribution in [1.29, 1.82) is 0 Å². The van der Waals surface area contributed by atoms with E-state index in [1.807, 2.05) is 84.9 Å². The van der Waals surface area contributed by atoms with Gasteiger partial charge in [-0.3, -0.25) is 10.1 Å². The van der Waals surface area contributed by atoms with Crippen LogP contribution in [0.3, 0.4) is 0 Å². The smallest absolute Gasteiger partial charge is 0.411 e. The molecule has 0 saturated carbocycles. The summed E-state index contributed by atoms with van der Waals surface area (Å²) in [6, 6.07) is 34.9. The topological polar surface area (TPSA) is 113 Å². The third kappa shape index (κ3) is 10.3. The van der Waals surface area contributed by atoms with Crippen LogP contribution in [0.5, 0.6) is 5.75 Å². The second kappa shape index (κ2) is 19.3. The van der Waals surface area contributed by atoms with Gasteiger partial charge in [-0.1, -0.05) is 111 Å². The summed E-state index contributed by atoms with van der Waals surface area (Å²) in [6.07, 6.45) is 9.57. The molecule has 7 rings (SSSR count). The summed E-state index contributed by atoms with van der Waals surface area (Å²) in [6.45, 7) is 6.37. The number of quaternary nitrogens is 1. The third-order valence-corrected chi connectivity index (χ3v) is 11.8. The fourth-order valence-electron chi connectivity index (χ4n) is 8.80. The number of fused-ring (bicyclic) bond motifs is 3. The highest BCUT2D eigenvalue weighted by Crippen LogP contribution is 2.37. The van der Waals surface area contributed by atoms with Crippen LogP contribution >= 0.6 is 0 Å². The van der Waals surface area contributed by atoms with E-state index >= 15 is 0 Å². The Bertz CT molecular complexity index is 2070. The van der Waals surface area contributed by atoms with Crippen molar-refractivity contribution in [1.82, 2.24) is 10.3 Å². The lowest BCUT2D eigenvalue weighted by Gasteiger charge is -2.40. The standard InChI is InChI=1S/C47H56N4O5/c52-42(39-22-24-44(46-40(39)23-25-45(53)50-46)55-34-35-16-8-6-9-17-35)32-48-28-14-4-2-1-3-5-15-29-51-30-26-37(33-51)43(27-31-51)56-47(54)49-41-21-13-12-20-38(41)36-18-10-7-11-19-36/h6-13,16-25,37,42-43,48,52H,1-5,14-15,26-34H2,(H-,49,50,53,54)/p+1/t37?,42-,43?,51?/m0/s1. The van der Waals surface area contributed by atoms with Crippen LogP contribution in [-0.2, 0) is 11.3 Å². The molecule has 4 aromatic carbocycles. The van der Waals surface area contributed by atoms with Gasteiger partial charge in [0.2, 0.25) is 5.56 Å². The lowest BCUT2D eigenvalue weighted by Crippen LogP contribution is -2.52. The number of carbonyl (C=O) groups is 1. The SMILES string of the molecule is O=C(Nc1ccccc1-c1ccccc1)OC1CC[N+]2(CCCCCCCCCNC[C@H](O)c3ccc(OCc4ccccc4)c4[nH]c(=O)ccc34)CCC1C2. The molecule has 2 saturated heterocycles. The molecule has 0 aliphatic carbocycles. The summed E-state index contributed by atoms with van der Waals surface area (Å²) in [7, 11) is 0. The monoisotopic (exact) mass is 757 g/mol. The number of aliphatic hydroxyl groups is 1. The largest absolute Gasteiger partial charge is 0.487 e. The normalized spacial score (nSPS) is 19.4. The minimum atomic E-state index is -0.699. The number of benzene rings is 4. The van der Waals surface area contributed by atoms with Gasteiger partial charge in [0.25, 0.3) is 0 Å². The number of aromatic nitrogens is 1. The Kier molecular flexibility index (Phi) is 13.5. The summed E-state index contributed by atoms with van der Waals surface area (Å²) in [4.78, 5) is 28.1. The number of hydrogen-bond donors (Lipinski definition) is 4. The predicted molar refractivity (Wildman–Crippen MR) is 224 cm³/mol. The molecule has 2 bridgehead atoms. The quantitative estimate of drug-likeness (QED) is 0.0495. The van der Waals surface area contributed by atoms with E-state index < -0.39 is 6.10 Å². The van der Waals surface area contributed by atoms with E-state index in [1.54, 1.807) is 6.07 Å². The average molecular weight is 758 g/mol. The summed E-state index contributed by atoms with van der Waals surface area (Å²) in [5.74, 6) is 1.04. The van der Waals surface area contributed by atoms with Gasteiger partial charge in [0, 0.05) is 36.4 Å². The highest BCUT2D eigenvalue weighted by molar-refractivity contribution is 5.91. The van der Waals surface area contributed by atoms with Crippen LogP contribution in [0.2, 0.25) is 0 Å². The van der Waals surface area contributed by atoms with Crippen LogP contribution in [0, 0.1) is 5.92 Å². The van der Waals surface area contributed by atoms with E-state index in [4.69, 9.17) is 9.47 Å². The van der Waals surface area contributed by atoms with Crippen molar-refractivity contribution in [2.75, 3.05) is 44.6 Å². The third-order valence-electron chi connectivity index (χ3n) is 11.8. The number of piperidine rings is 1. The first-order valence-electron chi connectivity index (χ1n) is 20.6. The number of amides is 1. The second-order valence-corrected chi connectivity index (χ2v) is 15.7. The van der Waals surface area contributed by atoms with Crippen molar-refractivity contribution >= 4 is 22.7 Å². The zero-order valence-electron chi connectivity index (χ0n) is 32.5. The van der Waals surface area contributed by atoms with E-state index in [1.165, 1.54) is 62.2 Å². The predicted octanol–water partition coefficient (Wildman–Crippen LogP) is 8.99. The zero-order valence-corrected chi connectivity index (χ0v) is 32.5. The first-order chi connectivity index (χ1) is 27.5. The molecule has 56 heavy (non-hydrogen) atoms. The lowest BCUT2D eigenvalue weighted by molar-refractivity contribution is -0.922. The van der Waals surface area contributed by atoms with Crippen molar-refractivity contribution in [3.63, 3.8) is 0 Å². The number of pyridine rings is 1. The Morgan fingerprint density at radius 2 is 1.52 bits per heavy atom. The van der Waals surface area contributed by atoms with Gasteiger partial charge in [-0.25, -0.2) is 4.79 Å². The first-order valence-corrected chi connectivity index (χ1v) is 20.6. The molecule has 294 valence electrons. The van der Waals surface area contributed by atoms with Crippen molar-refractivity contribution < 1.29 is 23.9 Å². The van der Waals surface area contributed by atoms with Gasteiger partial charge >= 0.3 is 6.09 Å². The van der Waals surface area contributed by atoms with Gasteiger partial charge in [-0.15, -0.1) is 0 Å². The molecule has 2 aliphatic rings. The molecule has 2 aliphatic heterocycles. The van der Waals surface area contributed by atoms with Crippen molar-refractivity contribution in [3.8, 4) is 16.9 Å². The number of unbranched alkanes of at least 4 members (excludes halogenated alkanes) is 6. The van der Waals surface area contributed by atoms with E-state index in [-0.39, 0.29) is 17.8 Å². The Hall–Kier alpha value is -4.96. The molecule has 9 nitrogen and oxygen atoms in total. The Morgan fingerprint density at radius 1 is 0.804 bits per heavy atom. The second-order valence-electron chi connectivity index (χ2n) is 15.7. The molecule has 3 heterocycles. The number of anilines is 1. The number of hydrogen-bond acceptors (Lipinski definition) is 6. The molecule has 5 aromatic rings. The number of aromatic amines is 1. The van der Waals surface area contributed by atoms with Crippen LogP contribution < -0.4 is 20.9 Å². The van der Waals surface area contributed by atoms with Crippen LogP contribution in [0.4, 0.5) is 10.5 Å². The summed E-state index contributed by atoms with van der Waals surface area (Å²) < 4.78 is 13.3. The minimum absolute atomic E-state index is 0.00546. The maximum absolute atomic E-state index is 13.0. The fourth-order valence-corrected chi connectivity index (χ4v) is 8.80. The first kappa shape index (κ1) is 39.3. The van der Waals surface area contributed by atoms with Gasteiger partial charge < -0.3 is 29.4 Å². The highest BCUT2D eigenvalue weighted by Gasteiger charge is 2.47. The van der Waals surface area contributed by atoms with Gasteiger partial charge in [0.05, 0.1) is 49.4 Å². The van der Waals surface area contributed by atoms with Gasteiger partial charge in [-0.05, 0) is 60.7 Å². The van der Waals surface area contributed by atoms with Crippen LogP contribution in [0.25, 0.3) is 22.0 Å². The summed E-state index contributed by atoms with van der Waals surface area (Å²) in [5, 5.41) is 18.3. The number of nitrogens with zero attached hydrogens (tertiary/aromatic N) is 1. The molecule has 1 aromatic heterocycles. The molecule has 4 N–H and O–H groups in total. The summed E-state index contributed by atoms with van der Waals surface area (Å²) >= 11 is 0. The minimum Gasteiger partial charge on any atom is -0.487 e. The number of para-hydroxylation sites is 1. The van der Waals surface area contributed by atoms with Crippen LogP contribution in [0.1, 0.15) is 75.0 Å². The maximum Gasteiger partial charge on any atom is 0.411 e. The molecule has 4 atom stereocenters. The molecular formula is C47H57N4O5+. The van der Waals surface area contributed by atoms with Gasteiger partial charge in [-0.2, -0.15) is 0 Å². The molecule has 0 spiro atoms. The summed E-state index contributed by atoms with van der Waals surface area (Å²) in [5.41, 5.74) is 5.06. The molecule has 9 heteroatoms. The lowest BCUT2D eigenvalue weighted by atomic mass is 9.95. The van der Waals surface area contributed by atoms with Crippen LogP contribution in [-0.4, -0.2) is 66.0 Å². The average Bonchev–Trinajstić information content (AvgIpc) is 3.58. The fraction of sp³-hybridized carbons (Fsp3) is 0.404. The van der Waals surface area contributed by atoms with E-state index in [9.17, 15) is 14.7 Å². The maximum atomic E-state index is 13.0. The number of nitrogens with one attached hydrogen (secondary N) is 3. The highest BCUT2D eigenvalue weighted by atomic mass is 16.6.